The molecule has 0 heterocycles. The lowest BCUT2D eigenvalue weighted by molar-refractivity contribution is -0.201. The number of carbonyl (C=O) groups excluding carboxylic acids is 1. The van der Waals surface area contributed by atoms with Crippen molar-refractivity contribution in [3.63, 3.8) is 0 Å². The van der Waals surface area contributed by atoms with Gasteiger partial charge in [0.2, 0.25) is 0 Å². The Morgan fingerprint density at radius 1 is 1.03 bits per heavy atom. The number of carbonyl (C=O) groups is 1. The van der Waals surface area contributed by atoms with E-state index in [2.05, 4.69) is 34.6 Å². The summed E-state index contributed by atoms with van der Waals surface area (Å²) in [4.78, 5) is 12.1. The molecule has 0 aromatic rings. The predicted molar refractivity (Wildman–Crippen MR) is 121 cm³/mol. The molecule has 4 rings (SSSR count). The number of hydrogen-bond acceptors (Lipinski definition) is 3. The summed E-state index contributed by atoms with van der Waals surface area (Å²) < 4.78 is 0. The molecular weight excluding hydrogens is 372 g/mol. The Balaban J connectivity index is 1.56. The van der Waals surface area contributed by atoms with E-state index < -0.39 is 0 Å². The molecule has 0 radical (unpaired) electrons. The second-order valence-corrected chi connectivity index (χ2v) is 12.6. The van der Waals surface area contributed by atoms with Gasteiger partial charge in [-0.15, -0.1) is 0 Å². The average Bonchev–Trinajstić information content (AvgIpc) is 3.02. The quantitative estimate of drug-likeness (QED) is 0.609. The molecule has 4 aliphatic rings. The lowest BCUT2D eigenvalue weighted by Gasteiger charge is -2.63. The summed E-state index contributed by atoms with van der Waals surface area (Å²) in [5.41, 5.74) is 0.0498. The van der Waals surface area contributed by atoms with E-state index in [-0.39, 0.29) is 23.0 Å². The van der Waals surface area contributed by atoms with Crippen LogP contribution in [-0.4, -0.2) is 28.2 Å². The molecule has 3 nitrogen and oxygen atoms in total. The molecule has 4 aliphatic carbocycles. The molecular formula is C27H46O3. The fraction of sp³-hybridized carbons (Fsp3) is 0.963. The maximum absolute atomic E-state index is 12.1. The fourth-order valence-corrected chi connectivity index (χ4v) is 8.99. The number of rotatable bonds is 5. The lowest BCUT2D eigenvalue weighted by Crippen LogP contribution is -2.62. The second kappa shape index (κ2) is 8.18. The van der Waals surface area contributed by atoms with Crippen molar-refractivity contribution in [3.8, 4) is 0 Å². The van der Waals surface area contributed by atoms with Gasteiger partial charge in [0.1, 0.15) is 5.78 Å². The maximum Gasteiger partial charge on any atom is 0.133 e. The molecule has 172 valence electrons. The number of fused-ring (bicyclic) bond motifs is 5. The van der Waals surface area contributed by atoms with Crippen molar-refractivity contribution in [1.29, 1.82) is 0 Å². The minimum Gasteiger partial charge on any atom is -0.393 e. The van der Waals surface area contributed by atoms with Gasteiger partial charge < -0.3 is 10.2 Å². The third kappa shape index (κ3) is 3.51. The van der Waals surface area contributed by atoms with Crippen LogP contribution >= 0.6 is 0 Å². The molecule has 0 amide bonds. The molecule has 0 aliphatic heterocycles. The van der Waals surface area contributed by atoms with Gasteiger partial charge in [-0.3, -0.25) is 4.79 Å². The molecule has 0 aromatic heterocycles. The van der Waals surface area contributed by atoms with Crippen molar-refractivity contribution in [2.24, 2.45) is 52.3 Å². The van der Waals surface area contributed by atoms with Gasteiger partial charge in [-0.2, -0.15) is 0 Å². The highest BCUT2D eigenvalue weighted by Gasteiger charge is 2.65. The van der Waals surface area contributed by atoms with Crippen LogP contribution < -0.4 is 0 Å². The lowest BCUT2D eigenvalue weighted by atomic mass is 9.43. The van der Waals surface area contributed by atoms with Crippen LogP contribution in [0.2, 0.25) is 0 Å². The Bertz CT molecular complexity index is 644. The highest BCUT2D eigenvalue weighted by molar-refractivity contribution is 5.79. The summed E-state index contributed by atoms with van der Waals surface area (Å²) in [6.45, 7) is 11.8. The summed E-state index contributed by atoms with van der Waals surface area (Å²) in [6.07, 6.45) is 9.54. The molecule has 4 fully saturated rings. The molecule has 0 unspecified atom stereocenters. The van der Waals surface area contributed by atoms with Crippen LogP contribution in [0.1, 0.15) is 98.8 Å². The van der Waals surface area contributed by atoms with Gasteiger partial charge in [0, 0.05) is 12.8 Å². The zero-order valence-corrected chi connectivity index (χ0v) is 20.1. The van der Waals surface area contributed by atoms with Crippen molar-refractivity contribution in [2.75, 3.05) is 0 Å². The summed E-state index contributed by atoms with van der Waals surface area (Å²) in [7, 11) is 0. The second-order valence-electron chi connectivity index (χ2n) is 12.6. The molecule has 10 atom stereocenters. The van der Waals surface area contributed by atoms with Crippen molar-refractivity contribution in [3.05, 3.63) is 0 Å². The summed E-state index contributed by atoms with van der Waals surface area (Å²) in [5, 5.41) is 22.9. The van der Waals surface area contributed by atoms with Gasteiger partial charge >= 0.3 is 0 Å². The molecule has 3 heteroatoms. The third-order valence-corrected chi connectivity index (χ3v) is 10.8. The minimum absolute atomic E-state index is 0.0624. The van der Waals surface area contributed by atoms with Crippen molar-refractivity contribution in [1.82, 2.24) is 0 Å². The van der Waals surface area contributed by atoms with E-state index in [4.69, 9.17) is 0 Å². The number of ketones is 1. The molecule has 2 N–H and O–H groups in total. The molecule has 0 aromatic carbocycles. The first-order valence-corrected chi connectivity index (χ1v) is 13.0. The Kier molecular flexibility index (Phi) is 6.21. The Labute approximate surface area is 184 Å². The van der Waals surface area contributed by atoms with E-state index in [9.17, 15) is 15.0 Å². The zero-order valence-electron chi connectivity index (χ0n) is 20.1. The first kappa shape index (κ1) is 22.8. The first-order chi connectivity index (χ1) is 14.1. The average molecular weight is 419 g/mol. The van der Waals surface area contributed by atoms with Crippen LogP contribution in [0.15, 0.2) is 0 Å². The van der Waals surface area contributed by atoms with Crippen molar-refractivity contribution >= 4 is 5.78 Å². The number of Topliss-reactive ketones (excluding diaryl/α,β-unsaturated/α-hetero) is 1. The monoisotopic (exact) mass is 418 g/mol. The zero-order chi connectivity index (χ0) is 21.8. The van der Waals surface area contributed by atoms with Gasteiger partial charge in [-0.1, -0.05) is 53.9 Å². The van der Waals surface area contributed by atoms with Crippen LogP contribution in [0.25, 0.3) is 0 Å². The topological polar surface area (TPSA) is 57.5 Å². The van der Waals surface area contributed by atoms with Crippen LogP contribution in [0.4, 0.5) is 0 Å². The Morgan fingerprint density at radius 3 is 2.47 bits per heavy atom. The van der Waals surface area contributed by atoms with E-state index in [1.807, 2.05) is 0 Å². The van der Waals surface area contributed by atoms with Crippen LogP contribution in [-0.2, 0) is 4.79 Å². The number of aliphatic hydroxyl groups is 2. The minimum atomic E-state index is -0.300. The number of hydrogen-bond donors (Lipinski definition) is 2. The van der Waals surface area contributed by atoms with E-state index in [1.165, 1.54) is 25.7 Å². The van der Waals surface area contributed by atoms with Gasteiger partial charge in [0.15, 0.2) is 0 Å². The molecule has 0 bridgehead atoms. The first-order valence-electron chi connectivity index (χ1n) is 13.0. The van der Waals surface area contributed by atoms with Crippen LogP contribution in [0.5, 0.6) is 0 Å². The van der Waals surface area contributed by atoms with E-state index >= 15 is 0 Å². The van der Waals surface area contributed by atoms with E-state index in [1.54, 1.807) is 0 Å². The van der Waals surface area contributed by atoms with Crippen molar-refractivity contribution < 1.29 is 15.0 Å². The fourth-order valence-electron chi connectivity index (χ4n) is 8.99. The largest absolute Gasteiger partial charge is 0.393 e. The number of aliphatic hydroxyl groups excluding tert-OH is 2. The Hall–Kier alpha value is -0.410. The van der Waals surface area contributed by atoms with Crippen LogP contribution in [0.3, 0.4) is 0 Å². The predicted octanol–water partition coefficient (Wildman–Crippen LogP) is 5.62. The molecule has 30 heavy (non-hydrogen) atoms. The normalized spacial score (nSPS) is 49.5. The summed E-state index contributed by atoms with van der Waals surface area (Å²) in [5.74, 6) is 3.74. The molecule has 4 saturated carbocycles. The highest BCUT2D eigenvalue weighted by atomic mass is 16.3. The summed E-state index contributed by atoms with van der Waals surface area (Å²) in [6, 6.07) is 0. The maximum atomic E-state index is 12.1. The van der Waals surface area contributed by atoms with Gasteiger partial charge in [0.05, 0.1) is 12.2 Å². The standard InChI is InChI=1S/C27H46O3/c1-16(2)7-6-8-17(3)20-9-10-21-25-22(15-24(30)27(20,21)5)26(4)12-11-19(28)13-18(26)14-23(25)29/h16-18,20-25,29-30H,6-15H2,1-5H3/t17-,18+,20+,21-,22-,23+,24-,25-,26-,27+/m0/s1. The molecule has 0 saturated heterocycles. The van der Waals surface area contributed by atoms with Gasteiger partial charge in [-0.25, -0.2) is 0 Å². The SMILES string of the molecule is CC(C)CCC[C@H](C)[C@H]1CC[C@H]2[C@@H]3[C@H](O)C[C@H]4CC(=O)CC[C@]4(C)[C@H]3C[C@H](O)[C@]12C. The third-order valence-electron chi connectivity index (χ3n) is 10.8. The van der Waals surface area contributed by atoms with Crippen molar-refractivity contribution in [2.45, 2.75) is 111 Å². The molecule has 0 spiro atoms. The van der Waals surface area contributed by atoms with Gasteiger partial charge in [-0.05, 0) is 84.4 Å². The van der Waals surface area contributed by atoms with Crippen LogP contribution in [0, 0.1) is 52.3 Å². The summed E-state index contributed by atoms with van der Waals surface area (Å²) >= 11 is 0. The van der Waals surface area contributed by atoms with E-state index in [0.29, 0.717) is 54.1 Å². The van der Waals surface area contributed by atoms with E-state index in [0.717, 1.165) is 31.6 Å². The Morgan fingerprint density at radius 2 is 1.77 bits per heavy atom. The van der Waals surface area contributed by atoms with Gasteiger partial charge in [0.25, 0.3) is 0 Å². The smallest absolute Gasteiger partial charge is 0.133 e. The highest BCUT2D eigenvalue weighted by Crippen LogP contribution is 2.68.